The summed E-state index contributed by atoms with van der Waals surface area (Å²) in [5, 5.41) is 3.31. The summed E-state index contributed by atoms with van der Waals surface area (Å²) in [6.07, 6.45) is 2.62. The summed E-state index contributed by atoms with van der Waals surface area (Å²) in [6, 6.07) is 0. The summed E-state index contributed by atoms with van der Waals surface area (Å²) >= 11 is 0. The fraction of sp³-hybridized carbons (Fsp3) is 1.00. The standard InChI is InChI=1S/C8H15NO2/c1-10-8(2-3-8)7-6-9-4-5-11-7/h7,9H,2-6H2,1H3. The van der Waals surface area contributed by atoms with Crippen LogP contribution in [-0.2, 0) is 9.47 Å². The topological polar surface area (TPSA) is 30.5 Å². The van der Waals surface area contributed by atoms with Crippen LogP contribution in [0.15, 0.2) is 0 Å². The van der Waals surface area contributed by atoms with Crippen LogP contribution in [0, 0.1) is 0 Å². The number of hydrogen-bond donors (Lipinski definition) is 1. The van der Waals surface area contributed by atoms with Gasteiger partial charge < -0.3 is 14.8 Å². The normalized spacial score (nSPS) is 35.2. The Kier molecular flexibility index (Phi) is 1.87. The summed E-state index contributed by atoms with van der Waals surface area (Å²) in [5.41, 5.74) is 0.0768. The molecule has 0 radical (unpaired) electrons. The van der Waals surface area contributed by atoms with Crippen molar-refractivity contribution in [2.24, 2.45) is 0 Å². The van der Waals surface area contributed by atoms with Crippen LogP contribution >= 0.6 is 0 Å². The summed E-state index contributed by atoms with van der Waals surface area (Å²) < 4.78 is 11.0. The Morgan fingerprint density at radius 2 is 2.36 bits per heavy atom. The van der Waals surface area contributed by atoms with Gasteiger partial charge in [0.2, 0.25) is 0 Å². The van der Waals surface area contributed by atoms with E-state index in [4.69, 9.17) is 9.47 Å². The van der Waals surface area contributed by atoms with Crippen molar-refractivity contribution in [3.8, 4) is 0 Å². The lowest BCUT2D eigenvalue weighted by atomic mass is 10.1. The molecule has 1 aliphatic carbocycles. The minimum absolute atomic E-state index is 0.0768. The van der Waals surface area contributed by atoms with Crippen LogP contribution < -0.4 is 5.32 Å². The van der Waals surface area contributed by atoms with E-state index in [1.54, 1.807) is 7.11 Å². The van der Waals surface area contributed by atoms with E-state index in [1.807, 2.05) is 0 Å². The van der Waals surface area contributed by atoms with Gasteiger partial charge in [-0.05, 0) is 12.8 Å². The zero-order valence-electron chi connectivity index (χ0n) is 6.93. The number of hydrogen-bond acceptors (Lipinski definition) is 3. The zero-order valence-corrected chi connectivity index (χ0v) is 6.93. The average molecular weight is 157 g/mol. The summed E-state index contributed by atoms with van der Waals surface area (Å²) in [6.45, 7) is 2.76. The van der Waals surface area contributed by atoms with Crippen LogP contribution in [0.4, 0.5) is 0 Å². The minimum Gasteiger partial charge on any atom is -0.375 e. The molecule has 0 amide bonds. The lowest BCUT2D eigenvalue weighted by Crippen LogP contribution is -2.47. The van der Waals surface area contributed by atoms with Crippen molar-refractivity contribution in [3.63, 3.8) is 0 Å². The Labute approximate surface area is 67.1 Å². The molecule has 2 aliphatic rings. The van der Waals surface area contributed by atoms with Crippen molar-refractivity contribution in [1.82, 2.24) is 5.32 Å². The SMILES string of the molecule is COC1(C2CNCCO2)CC1. The molecule has 0 aromatic carbocycles. The Morgan fingerprint density at radius 3 is 2.82 bits per heavy atom. The molecule has 3 nitrogen and oxygen atoms in total. The van der Waals surface area contributed by atoms with E-state index in [0.29, 0.717) is 6.10 Å². The van der Waals surface area contributed by atoms with Crippen LogP contribution in [-0.4, -0.2) is 38.5 Å². The van der Waals surface area contributed by atoms with Crippen molar-refractivity contribution in [3.05, 3.63) is 0 Å². The molecule has 11 heavy (non-hydrogen) atoms. The maximum absolute atomic E-state index is 5.61. The molecule has 1 aliphatic heterocycles. The van der Waals surface area contributed by atoms with E-state index in [9.17, 15) is 0 Å². The highest BCUT2D eigenvalue weighted by Crippen LogP contribution is 2.43. The van der Waals surface area contributed by atoms with E-state index in [-0.39, 0.29) is 5.60 Å². The van der Waals surface area contributed by atoms with Gasteiger partial charge in [-0.2, -0.15) is 0 Å². The van der Waals surface area contributed by atoms with Crippen LogP contribution in [0.5, 0.6) is 0 Å². The fourth-order valence-corrected chi connectivity index (χ4v) is 1.68. The second-order valence-electron chi connectivity index (χ2n) is 3.33. The van der Waals surface area contributed by atoms with Crippen molar-refractivity contribution in [2.45, 2.75) is 24.5 Å². The number of morpholine rings is 1. The lowest BCUT2D eigenvalue weighted by Gasteiger charge is -2.30. The van der Waals surface area contributed by atoms with Gasteiger partial charge in [0.1, 0.15) is 0 Å². The predicted octanol–water partition coefficient (Wildman–Crippen LogP) is 0.154. The number of ether oxygens (including phenoxy) is 2. The molecule has 64 valence electrons. The fourth-order valence-electron chi connectivity index (χ4n) is 1.68. The molecule has 1 saturated carbocycles. The van der Waals surface area contributed by atoms with Gasteiger partial charge in [-0.15, -0.1) is 0 Å². The Morgan fingerprint density at radius 1 is 1.55 bits per heavy atom. The molecule has 1 heterocycles. The van der Waals surface area contributed by atoms with E-state index in [0.717, 1.165) is 32.5 Å². The van der Waals surface area contributed by atoms with E-state index in [2.05, 4.69) is 5.32 Å². The Balaban J connectivity index is 1.92. The van der Waals surface area contributed by atoms with Gasteiger partial charge in [0.15, 0.2) is 0 Å². The largest absolute Gasteiger partial charge is 0.375 e. The molecule has 2 rings (SSSR count). The Bertz CT molecular complexity index is 139. The summed E-state index contributed by atoms with van der Waals surface area (Å²) in [7, 11) is 1.78. The third kappa shape index (κ3) is 1.28. The maximum Gasteiger partial charge on any atom is 0.0989 e. The van der Waals surface area contributed by atoms with Crippen molar-refractivity contribution in [2.75, 3.05) is 26.8 Å². The molecule has 0 aromatic heterocycles. The number of nitrogens with one attached hydrogen (secondary N) is 1. The number of methoxy groups -OCH3 is 1. The average Bonchev–Trinajstić information content (AvgIpc) is 2.86. The third-order valence-electron chi connectivity index (χ3n) is 2.66. The lowest BCUT2D eigenvalue weighted by molar-refractivity contribution is -0.0840. The first-order valence-electron chi connectivity index (χ1n) is 4.25. The van der Waals surface area contributed by atoms with Crippen molar-refractivity contribution < 1.29 is 9.47 Å². The van der Waals surface area contributed by atoms with Crippen LogP contribution in [0.25, 0.3) is 0 Å². The molecule has 1 unspecified atom stereocenters. The minimum atomic E-state index is 0.0768. The van der Waals surface area contributed by atoms with Gasteiger partial charge in [-0.3, -0.25) is 0 Å². The highest BCUT2D eigenvalue weighted by atomic mass is 16.6. The zero-order chi connectivity index (χ0) is 7.73. The quantitative estimate of drug-likeness (QED) is 0.619. The molecule has 1 saturated heterocycles. The molecule has 1 N–H and O–H groups in total. The summed E-state index contributed by atoms with van der Waals surface area (Å²) in [5.74, 6) is 0. The first-order valence-corrected chi connectivity index (χ1v) is 4.25. The van der Waals surface area contributed by atoms with Gasteiger partial charge in [-0.1, -0.05) is 0 Å². The van der Waals surface area contributed by atoms with E-state index >= 15 is 0 Å². The van der Waals surface area contributed by atoms with Crippen LogP contribution in [0.3, 0.4) is 0 Å². The first kappa shape index (κ1) is 7.53. The van der Waals surface area contributed by atoms with Gasteiger partial charge in [0, 0.05) is 20.2 Å². The number of rotatable bonds is 2. The van der Waals surface area contributed by atoms with Crippen molar-refractivity contribution >= 4 is 0 Å². The van der Waals surface area contributed by atoms with Crippen LogP contribution in [0.2, 0.25) is 0 Å². The molecule has 0 bridgehead atoms. The first-order chi connectivity index (χ1) is 5.37. The maximum atomic E-state index is 5.61. The molecule has 2 fully saturated rings. The Hall–Kier alpha value is -0.120. The van der Waals surface area contributed by atoms with Gasteiger partial charge in [0.25, 0.3) is 0 Å². The molecule has 0 spiro atoms. The second-order valence-corrected chi connectivity index (χ2v) is 3.33. The second kappa shape index (κ2) is 2.73. The third-order valence-corrected chi connectivity index (χ3v) is 2.66. The predicted molar refractivity (Wildman–Crippen MR) is 41.6 cm³/mol. The van der Waals surface area contributed by atoms with Crippen molar-refractivity contribution in [1.29, 1.82) is 0 Å². The summed E-state index contributed by atoms with van der Waals surface area (Å²) in [4.78, 5) is 0. The molecule has 0 aromatic rings. The molecule has 3 heteroatoms. The van der Waals surface area contributed by atoms with Gasteiger partial charge in [-0.25, -0.2) is 0 Å². The van der Waals surface area contributed by atoms with Crippen LogP contribution in [0.1, 0.15) is 12.8 Å². The monoisotopic (exact) mass is 157 g/mol. The molecule has 1 atom stereocenters. The van der Waals surface area contributed by atoms with Gasteiger partial charge >= 0.3 is 0 Å². The van der Waals surface area contributed by atoms with Gasteiger partial charge in [0.05, 0.1) is 18.3 Å². The van der Waals surface area contributed by atoms with E-state index in [1.165, 1.54) is 0 Å². The smallest absolute Gasteiger partial charge is 0.0989 e. The molecular weight excluding hydrogens is 142 g/mol. The molecular formula is C8H15NO2. The highest BCUT2D eigenvalue weighted by molar-refractivity contribution is 5.03. The highest BCUT2D eigenvalue weighted by Gasteiger charge is 2.51. The van der Waals surface area contributed by atoms with E-state index < -0.39 is 0 Å².